The van der Waals surface area contributed by atoms with E-state index in [1.807, 2.05) is 64.1 Å². The van der Waals surface area contributed by atoms with Gasteiger partial charge in [-0.1, -0.05) is 68.0 Å². The van der Waals surface area contributed by atoms with E-state index in [4.69, 9.17) is 14.5 Å². The third kappa shape index (κ3) is 5.29. The van der Waals surface area contributed by atoms with Crippen molar-refractivity contribution in [2.45, 2.75) is 40.2 Å². The molecule has 0 N–H and O–H groups in total. The topological polar surface area (TPSA) is 30.8 Å². The molecule has 1 unspecified atom stereocenters. The van der Waals surface area contributed by atoms with Crippen LogP contribution in [0.2, 0.25) is 0 Å². The number of benzene rings is 2. The van der Waals surface area contributed by atoms with Crippen LogP contribution in [0.4, 0.5) is 0 Å². The lowest BCUT2D eigenvalue weighted by molar-refractivity contribution is 0.141. The molecule has 0 amide bonds. The first-order valence-corrected chi connectivity index (χ1v) is 10.5. The Hall–Kier alpha value is -3.07. The SMILES string of the molecule is C/C=C\C.CC.COc1ccc(C2=NCC3(C=C(C)C=Cc4ccccc43)O2)cc1. The van der Waals surface area contributed by atoms with Crippen molar-refractivity contribution in [2.24, 2.45) is 4.99 Å². The fourth-order valence-corrected chi connectivity index (χ4v) is 3.27. The van der Waals surface area contributed by atoms with E-state index in [0.717, 1.165) is 16.9 Å². The lowest BCUT2D eigenvalue weighted by Gasteiger charge is -2.27. The standard InChI is InChI=1S/C21H19NO2.C4H8.C2H6/c1-15-7-8-16-5-3-4-6-19(16)21(13-15)14-22-20(24-21)17-9-11-18(23-2)12-10-17;1-3-4-2;1-2/h3-13H,14H2,1-2H3;3-4H,1-2H3;1-2H3/b;4-3-;. The van der Waals surface area contributed by atoms with Crippen LogP contribution in [-0.4, -0.2) is 19.6 Å². The summed E-state index contributed by atoms with van der Waals surface area (Å²) in [6.45, 7) is 10.7. The van der Waals surface area contributed by atoms with Crippen molar-refractivity contribution in [3.05, 3.63) is 95.1 Å². The maximum absolute atomic E-state index is 6.42. The Labute approximate surface area is 181 Å². The van der Waals surface area contributed by atoms with Crippen molar-refractivity contribution in [1.29, 1.82) is 0 Å². The molecule has 3 nitrogen and oxygen atoms in total. The van der Waals surface area contributed by atoms with Gasteiger partial charge in [0.05, 0.1) is 13.7 Å². The molecule has 1 atom stereocenters. The lowest BCUT2D eigenvalue weighted by atomic mass is 9.90. The highest BCUT2D eigenvalue weighted by atomic mass is 16.5. The molecule has 1 spiro atoms. The van der Waals surface area contributed by atoms with Gasteiger partial charge in [-0.05, 0) is 56.7 Å². The zero-order valence-electron chi connectivity index (χ0n) is 19.0. The summed E-state index contributed by atoms with van der Waals surface area (Å²) in [5, 5.41) is 0. The second-order valence-electron chi connectivity index (χ2n) is 6.82. The molecule has 158 valence electrons. The molecule has 0 radical (unpaired) electrons. The van der Waals surface area contributed by atoms with Crippen LogP contribution in [0.3, 0.4) is 0 Å². The Morgan fingerprint density at radius 1 is 0.967 bits per heavy atom. The van der Waals surface area contributed by atoms with Crippen LogP contribution in [0.25, 0.3) is 6.08 Å². The summed E-state index contributed by atoms with van der Waals surface area (Å²) in [4.78, 5) is 4.69. The predicted molar refractivity (Wildman–Crippen MR) is 128 cm³/mol. The molecule has 0 aromatic heterocycles. The Morgan fingerprint density at radius 3 is 2.27 bits per heavy atom. The summed E-state index contributed by atoms with van der Waals surface area (Å²) in [7, 11) is 1.66. The van der Waals surface area contributed by atoms with Crippen LogP contribution in [0.1, 0.15) is 51.3 Å². The highest BCUT2D eigenvalue weighted by Gasteiger charge is 2.40. The minimum absolute atomic E-state index is 0.528. The first kappa shape index (κ1) is 23.2. The van der Waals surface area contributed by atoms with Crippen LogP contribution in [0.15, 0.2) is 83.4 Å². The van der Waals surface area contributed by atoms with Gasteiger partial charge in [-0.15, -0.1) is 0 Å². The van der Waals surface area contributed by atoms with Crippen molar-refractivity contribution in [1.82, 2.24) is 0 Å². The molecule has 0 fully saturated rings. The number of ether oxygens (including phenoxy) is 2. The third-order valence-corrected chi connectivity index (χ3v) is 4.81. The number of hydrogen-bond donors (Lipinski definition) is 0. The molecule has 30 heavy (non-hydrogen) atoms. The van der Waals surface area contributed by atoms with E-state index in [2.05, 4.69) is 49.4 Å². The molecule has 1 aliphatic carbocycles. The zero-order valence-corrected chi connectivity index (χ0v) is 19.0. The van der Waals surface area contributed by atoms with Crippen molar-refractivity contribution in [3.8, 4) is 5.75 Å². The van der Waals surface area contributed by atoms with Gasteiger partial charge in [0, 0.05) is 11.1 Å². The monoisotopic (exact) mass is 403 g/mol. The molecular weight excluding hydrogens is 370 g/mol. The summed E-state index contributed by atoms with van der Waals surface area (Å²) in [5.41, 5.74) is 3.95. The van der Waals surface area contributed by atoms with Gasteiger partial charge in [-0.25, -0.2) is 4.99 Å². The summed E-state index contributed by atoms with van der Waals surface area (Å²) in [6, 6.07) is 16.2. The van der Waals surface area contributed by atoms with Crippen LogP contribution < -0.4 is 4.74 Å². The minimum atomic E-state index is -0.528. The number of methoxy groups -OCH3 is 1. The van der Waals surface area contributed by atoms with E-state index < -0.39 is 5.60 Å². The number of rotatable bonds is 2. The van der Waals surface area contributed by atoms with Gasteiger partial charge in [0.1, 0.15) is 5.75 Å². The summed E-state index contributed by atoms with van der Waals surface area (Å²) in [6.07, 6.45) is 10.4. The Kier molecular flexibility index (Phi) is 8.67. The van der Waals surface area contributed by atoms with Gasteiger partial charge in [-0.3, -0.25) is 0 Å². The van der Waals surface area contributed by atoms with Crippen molar-refractivity contribution in [2.75, 3.05) is 13.7 Å². The highest BCUT2D eigenvalue weighted by molar-refractivity contribution is 5.96. The van der Waals surface area contributed by atoms with E-state index in [1.54, 1.807) is 7.11 Å². The van der Waals surface area contributed by atoms with Crippen LogP contribution in [0, 0.1) is 0 Å². The van der Waals surface area contributed by atoms with Crippen molar-refractivity contribution >= 4 is 12.0 Å². The van der Waals surface area contributed by atoms with E-state index in [0.29, 0.717) is 12.4 Å². The molecular formula is C27H33NO2. The smallest absolute Gasteiger partial charge is 0.217 e. The number of nitrogens with zero attached hydrogens (tertiary/aromatic N) is 1. The lowest BCUT2D eigenvalue weighted by Crippen LogP contribution is -2.29. The normalized spacial score (nSPS) is 18.7. The fraction of sp³-hybridized carbons (Fsp3) is 0.296. The van der Waals surface area contributed by atoms with Crippen LogP contribution in [0.5, 0.6) is 5.75 Å². The van der Waals surface area contributed by atoms with Gasteiger partial charge in [0.25, 0.3) is 0 Å². The molecule has 2 aromatic rings. The Bertz CT molecular complexity index is 932. The molecule has 1 heterocycles. The minimum Gasteiger partial charge on any atom is -0.497 e. The van der Waals surface area contributed by atoms with E-state index in [1.165, 1.54) is 11.1 Å². The zero-order chi connectivity index (χ0) is 22.0. The van der Waals surface area contributed by atoms with E-state index in [9.17, 15) is 0 Å². The second kappa shape index (κ2) is 11.2. The first-order valence-electron chi connectivity index (χ1n) is 10.5. The third-order valence-electron chi connectivity index (χ3n) is 4.81. The van der Waals surface area contributed by atoms with Gasteiger partial charge in [-0.2, -0.15) is 0 Å². The fourth-order valence-electron chi connectivity index (χ4n) is 3.27. The average Bonchev–Trinajstić information content (AvgIpc) is 3.18. The number of aliphatic imine (C=N–C) groups is 1. The van der Waals surface area contributed by atoms with E-state index in [-0.39, 0.29) is 0 Å². The van der Waals surface area contributed by atoms with Gasteiger partial charge < -0.3 is 9.47 Å². The summed E-state index contributed by atoms with van der Waals surface area (Å²) < 4.78 is 11.6. The quantitative estimate of drug-likeness (QED) is 0.508. The Morgan fingerprint density at radius 2 is 1.63 bits per heavy atom. The summed E-state index contributed by atoms with van der Waals surface area (Å²) >= 11 is 0. The number of fused-ring (bicyclic) bond motifs is 2. The molecule has 1 aliphatic heterocycles. The Balaban J connectivity index is 0.000000481. The molecule has 2 aromatic carbocycles. The number of hydrogen-bond acceptors (Lipinski definition) is 3. The first-order chi connectivity index (χ1) is 14.6. The largest absolute Gasteiger partial charge is 0.497 e. The van der Waals surface area contributed by atoms with Crippen molar-refractivity contribution in [3.63, 3.8) is 0 Å². The van der Waals surface area contributed by atoms with Gasteiger partial charge in [0.15, 0.2) is 5.60 Å². The molecule has 3 heteroatoms. The van der Waals surface area contributed by atoms with Crippen LogP contribution >= 0.6 is 0 Å². The molecule has 0 saturated carbocycles. The van der Waals surface area contributed by atoms with Crippen molar-refractivity contribution < 1.29 is 9.47 Å². The molecule has 0 saturated heterocycles. The van der Waals surface area contributed by atoms with Gasteiger partial charge >= 0.3 is 0 Å². The van der Waals surface area contributed by atoms with Crippen LogP contribution in [-0.2, 0) is 10.3 Å². The highest BCUT2D eigenvalue weighted by Crippen LogP contribution is 2.39. The average molecular weight is 404 g/mol. The molecule has 2 aliphatic rings. The second-order valence-corrected chi connectivity index (χ2v) is 6.82. The van der Waals surface area contributed by atoms with E-state index >= 15 is 0 Å². The predicted octanol–water partition coefficient (Wildman–Crippen LogP) is 6.95. The molecule has 4 rings (SSSR count). The molecule has 0 bridgehead atoms. The maximum atomic E-state index is 6.42. The summed E-state index contributed by atoms with van der Waals surface area (Å²) in [5.74, 6) is 1.50. The van der Waals surface area contributed by atoms with Gasteiger partial charge in [0.2, 0.25) is 5.90 Å². The number of allylic oxidation sites excluding steroid dienone is 4. The maximum Gasteiger partial charge on any atom is 0.217 e.